The van der Waals surface area contributed by atoms with Crippen LogP contribution in [0.2, 0.25) is 0 Å². The van der Waals surface area contributed by atoms with Crippen LogP contribution in [-0.4, -0.2) is 17.7 Å². The van der Waals surface area contributed by atoms with Crippen LogP contribution < -0.4 is 10.6 Å². The van der Waals surface area contributed by atoms with Crippen molar-refractivity contribution in [3.8, 4) is 0 Å². The van der Waals surface area contributed by atoms with Gasteiger partial charge in [-0.15, -0.1) is 0 Å². The van der Waals surface area contributed by atoms with Gasteiger partial charge in [0.25, 0.3) is 0 Å². The largest absolute Gasteiger partial charge is 0.369 e. The Hall–Kier alpha value is -1.32. The fourth-order valence-electron chi connectivity index (χ4n) is 1.57. The van der Waals surface area contributed by atoms with Crippen molar-refractivity contribution < 1.29 is 4.79 Å². The highest BCUT2D eigenvalue weighted by atomic mass is 16.1. The summed E-state index contributed by atoms with van der Waals surface area (Å²) in [6, 6.07) is 0.512. The van der Waals surface area contributed by atoms with E-state index in [2.05, 4.69) is 10.6 Å². The Kier molecular flexibility index (Phi) is 2.27. The van der Waals surface area contributed by atoms with Gasteiger partial charge in [0, 0.05) is 23.7 Å². The molecule has 0 unspecified atom stereocenters. The lowest BCUT2D eigenvalue weighted by atomic mass is 10.0. The van der Waals surface area contributed by atoms with E-state index in [4.69, 9.17) is 5.41 Å². The standard InChI is InChI=1S/C10H15N3O/c1-6(11)8-4-5-9(14)13-10(8)12-7-2-3-7/h7,11-12H,2-5H2,1H3,(H,13,14). The van der Waals surface area contributed by atoms with Gasteiger partial charge in [-0.2, -0.15) is 0 Å². The third kappa shape index (κ3) is 1.95. The Bertz CT molecular complexity index is 315. The van der Waals surface area contributed by atoms with Crippen LogP contribution in [0, 0.1) is 5.41 Å². The highest BCUT2D eigenvalue weighted by molar-refractivity contribution is 5.98. The second kappa shape index (κ2) is 3.44. The molecule has 1 aliphatic heterocycles. The van der Waals surface area contributed by atoms with Gasteiger partial charge in [-0.05, 0) is 26.2 Å². The Morgan fingerprint density at radius 2 is 2.21 bits per heavy atom. The van der Waals surface area contributed by atoms with Gasteiger partial charge in [-0.3, -0.25) is 4.79 Å². The Morgan fingerprint density at radius 1 is 1.50 bits per heavy atom. The maximum atomic E-state index is 11.2. The number of allylic oxidation sites excluding steroid dienone is 1. The van der Waals surface area contributed by atoms with Crippen LogP contribution in [0.1, 0.15) is 32.6 Å². The molecule has 2 rings (SSSR count). The first-order chi connectivity index (χ1) is 6.66. The minimum absolute atomic E-state index is 0.0538. The van der Waals surface area contributed by atoms with Crippen LogP contribution in [0.3, 0.4) is 0 Å². The fraction of sp³-hybridized carbons (Fsp3) is 0.600. The zero-order valence-electron chi connectivity index (χ0n) is 8.31. The first-order valence-electron chi connectivity index (χ1n) is 5.02. The molecule has 14 heavy (non-hydrogen) atoms. The van der Waals surface area contributed by atoms with Crippen LogP contribution in [0.25, 0.3) is 0 Å². The first kappa shape index (κ1) is 9.24. The predicted molar refractivity (Wildman–Crippen MR) is 54.0 cm³/mol. The minimum Gasteiger partial charge on any atom is -0.369 e. The summed E-state index contributed by atoms with van der Waals surface area (Å²) in [6.07, 6.45) is 3.53. The molecule has 4 heteroatoms. The molecular weight excluding hydrogens is 178 g/mol. The second-order valence-electron chi connectivity index (χ2n) is 3.95. The number of nitrogens with one attached hydrogen (secondary N) is 3. The number of hydrogen-bond donors (Lipinski definition) is 3. The molecule has 4 nitrogen and oxygen atoms in total. The lowest BCUT2D eigenvalue weighted by Gasteiger charge is -2.21. The second-order valence-corrected chi connectivity index (χ2v) is 3.95. The van der Waals surface area contributed by atoms with Gasteiger partial charge in [-0.1, -0.05) is 0 Å². The fourth-order valence-corrected chi connectivity index (χ4v) is 1.57. The zero-order valence-corrected chi connectivity index (χ0v) is 8.31. The molecular formula is C10H15N3O. The molecule has 0 aromatic rings. The molecule has 0 aromatic heterocycles. The van der Waals surface area contributed by atoms with Crippen molar-refractivity contribution in [3.05, 3.63) is 11.4 Å². The van der Waals surface area contributed by atoms with Crippen LogP contribution >= 0.6 is 0 Å². The first-order valence-corrected chi connectivity index (χ1v) is 5.02. The Balaban J connectivity index is 2.16. The van der Waals surface area contributed by atoms with Gasteiger partial charge in [-0.25, -0.2) is 0 Å². The van der Waals surface area contributed by atoms with Crippen LogP contribution in [-0.2, 0) is 4.79 Å². The van der Waals surface area contributed by atoms with Crippen LogP contribution in [0.5, 0.6) is 0 Å². The van der Waals surface area contributed by atoms with Crippen LogP contribution in [0.15, 0.2) is 11.4 Å². The average Bonchev–Trinajstić information content (AvgIpc) is 2.87. The molecule has 0 aromatic carbocycles. The number of carbonyl (C=O) groups is 1. The normalized spacial score (nSPS) is 21.9. The summed E-state index contributed by atoms with van der Waals surface area (Å²) in [7, 11) is 0. The van der Waals surface area contributed by atoms with Gasteiger partial charge in [0.15, 0.2) is 0 Å². The highest BCUT2D eigenvalue weighted by Gasteiger charge is 2.26. The smallest absolute Gasteiger partial charge is 0.225 e. The number of rotatable bonds is 3. The SMILES string of the molecule is CC(=N)C1=C(NC2CC2)NC(=O)CC1. The number of hydrogen-bond acceptors (Lipinski definition) is 3. The Labute approximate surface area is 83.3 Å². The van der Waals surface area contributed by atoms with Gasteiger partial charge in [0.2, 0.25) is 5.91 Å². The maximum Gasteiger partial charge on any atom is 0.225 e. The third-order valence-corrected chi connectivity index (χ3v) is 2.55. The van der Waals surface area contributed by atoms with E-state index in [9.17, 15) is 4.79 Å². The highest BCUT2D eigenvalue weighted by Crippen LogP contribution is 2.23. The van der Waals surface area contributed by atoms with Gasteiger partial charge >= 0.3 is 0 Å². The molecule has 1 fully saturated rings. The lowest BCUT2D eigenvalue weighted by Crippen LogP contribution is -2.38. The van der Waals surface area contributed by atoms with Crippen molar-refractivity contribution in [2.45, 2.75) is 38.6 Å². The summed E-state index contributed by atoms with van der Waals surface area (Å²) in [5, 5.41) is 13.7. The predicted octanol–water partition coefficient (Wildman–Crippen LogP) is 0.900. The summed E-state index contributed by atoms with van der Waals surface area (Å²) in [6.45, 7) is 1.77. The monoisotopic (exact) mass is 193 g/mol. The molecule has 0 saturated heterocycles. The average molecular weight is 193 g/mol. The van der Waals surface area contributed by atoms with E-state index in [1.165, 1.54) is 12.8 Å². The summed E-state index contributed by atoms with van der Waals surface area (Å²) in [4.78, 5) is 11.2. The van der Waals surface area contributed by atoms with E-state index in [1.54, 1.807) is 6.92 Å². The molecule has 1 amide bonds. The van der Waals surface area contributed by atoms with Crippen molar-refractivity contribution >= 4 is 11.6 Å². The molecule has 0 spiro atoms. The van der Waals surface area contributed by atoms with Crippen LogP contribution in [0.4, 0.5) is 0 Å². The van der Waals surface area contributed by atoms with Crippen molar-refractivity contribution in [1.29, 1.82) is 5.41 Å². The molecule has 2 aliphatic rings. The van der Waals surface area contributed by atoms with Crippen molar-refractivity contribution in [2.75, 3.05) is 0 Å². The molecule has 76 valence electrons. The van der Waals surface area contributed by atoms with E-state index in [0.29, 0.717) is 24.6 Å². The molecule has 0 atom stereocenters. The van der Waals surface area contributed by atoms with Crippen molar-refractivity contribution in [3.63, 3.8) is 0 Å². The van der Waals surface area contributed by atoms with E-state index < -0.39 is 0 Å². The molecule has 1 aliphatic carbocycles. The van der Waals surface area contributed by atoms with Crippen molar-refractivity contribution in [1.82, 2.24) is 10.6 Å². The summed E-state index contributed by atoms with van der Waals surface area (Å²) in [5.41, 5.74) is 1.50. The summed E-state index contributed by atoms with van der Waals surface area (Å²) >= 11 is 0. The summed E-state index contributed by atoms with van der Waals surface area (Å²) in [5.74, 6) is 0.828. The lowest BCUT2D eigenvalue weighted by molar-refractivity contribution is -0.120. The Morgan fingerprint density at radius 3 is 2.79 bits per heavy atom. The summed E-state index contributed by atoms with van der Waals surface area (Å²) < 4.78 is 0. The van der Waals surface area contributed by atoms with E-state index in [0.717, 1.165) is 11.4 Å². The molecule has 0 bridgehead atoms. The van der Waals surface area contributed by atoms with E-state index in [-0.39, 0.29) is 5.91 Å². The van der Waals surface area contributed by atoms with E-state index >= 15 is 0 Å². The quantitative estimate of drug-likeness (QED) is 0.583. The minimum atomic E-state index is 0.0538. The third-order valence-electron chi connectivity index (χ3n) is 2.55. The van der Waals surface area contributed by atoms with Gasteiger partial charge in [0.05, 0.1) is 0 Å². The van der Waals surface area contributed by atoms with Crippen molar-refractivity contribution in [2.24, 2.45) is 0 Å². The zero-order chi connectivity index (χ0) is 10.1. The molecule has 3 N–H and O–H groups in total. The molecule has 0 radical (unpaired) electrons. The van der Waals surface area contributed by atoms with Gasteiger partial charge in [0.1, 0.15) is 5.82 Å². The van der Waals surface area contributed by atoms with Gasteiger partial charge < -0.3 is 16.0 Å². The maximum absolute atomic E-state index is 11.2. The number of amides is 1. The topological polar surface area (TPSA) is 65.0 Å². The molecule has 1 saturated carbocycles. The van der Waals surface area contributed by atoms with E-state index in [1.807, 2.05) is 0 Å². The molecule has 1 heterocycles. The number of carbonyl (C=O) groups excluding carboxylic acids is 1.